The third-order valence-electron chi connectivity index (χ3n) is 1.90. The van der Waals surface area contributed by atoms with Crippen LogP contribution in [0.1, 0.15) is 26.7 Å². The highest BCUT2D eigenvalue weighted by Crippen LogP contribution is 2.06. The molecule has 0 saturated carbocycles. The van der Waals surface area contributed by atoms with Crippen LogP contribution in [0, 0.1) is 5.92 Å². The highest BCUT2D eigenvalue weighted by atomic mass is 32.2. The van der Waals surface area contributed by atoms with Gasteiger partial charge in [0.15, 0.2) is 5.78 Å². The molecular formula is C9H18O4S. The van der Waals surface area contributed by atoms with Crippen molar-refractivity contribution in [2.75, 3.05) is 12.0 Å². The molecule has 0 aliphatic carbocycles. The van der Waals surface area contributed by atoms with Crippen LogP contribution in [0.15, 0.2) is 0 Å². The van der Waals surface area contributed by atoms with E-state index < -0.39 is 15.9 Å². The van der Waals surface area contributed by atoms with Gasteiger partial charge < -0.3 is 5.11 Å². The van der Waals surface area contributed by atoms with Crippen molar-refractivity contribution in [1.29, 1.82) is 0 Å². The summed E-state index contributed by atoms with van der Waals surface area (Å²) in [7, 11) is -3.00. The zero-order valence-electron chi connectivity index (χ0n) is 8.86. The molecule has 0 aliphatic heterocycles. The molecule has 0 rings (SSSR count). The number of ketones is 1. The number of carbonyl (C=O) groups excluding carboxylic acids is 1. The summed E-state index contributed by atoms with van der Waals surface area (Å²) in [5, 5.41) is 9.33. The molecule has 0 radical (unpaired) electrons. The van der Waals surface area contributed by atoms with Crippen LogP contribution in [0.25, 0.3) is 0 Å². The number of hydrogen-bond acceptors (Lipinski definition) is 4. The van der Waals surface area contributed by atoms with E-state index in [-0.39, 0.29) is 23.9 Å². The second-order valence-corrected chi connectivity index (χ2v) is 6.15. The van der Waals surface area contributed by atoms with E-state index in [0.29, 0.717) is 6.42 Å². The molecule has 0 bridgehead atoms. The minimum absolute atomic E-state index is 0.00353. The number of aliphatic hydroxyl groups is 1. The fourth-order valence-electron chi connectivity index (χ4n) is 1.03. The Hall–Kier alpha value is -0.420. The molecule has 5 heteroatoms. The number of Topliss-reactive ketones (excluding diaryl/α,β-unsaturated/α-hetero) is 1. The predicted octanol–water partition coefficient (Wildman–Crippen LogP) is 0.397. The fourth-order valence-corrected chi connectivity index (χ4v) is 1.70. The Morgan fingerprint density at radius 2 is 1.86 bits per heavy atom. The lowest BCUT2D eigenvalue weighted by atomic mass is 10.0. The highest BCUT2D eigenvalue weighted by molar-refractivity contribution is 7.90. The molecular weight excluding hydrogens is 204 g/mol. The molecule has 1 N–H and O–H groups in total. The molecule has 0 saturated heterocycles. The zero-order valence-corrected chi connectivity index (χ0v) is 9.67. The Balaban J connectivity index is 3.87. The van der Waals surface area contributed by atoms with E-state index in [2.05, 4.69) is 0 Å². The van der Waals surface area contributed by atoms with Crippen molar-refractivity contribution >= 4 is 15.6 Å². The van der Waals surface area contributed by atoms with Crippen LogP contribution in [0.2, 0.25) is 0 Å². The van der Waals surface area contributed by atoms with Crippen LogP contribution in [0.4, 0.5) is 0 Å². The van der Waals surface area contributed by atoms with Crippen molar-refractivity contribution < 1.29 is 18.3 Å². The first-order valence-corrected chi connectivity index (χ1v) is 6.68. The van der Waals surface area contributed by atoms with Gasteiger partial charge in [0.05, 0.1) is 5.75 Å². The Bertz CT molecular complexity index is 279. The third-order valence-corrected chi connectivity index (χ3v) is 2.93. The molecule has 0 aromatic carbocycles. The van der Waals surface area contributed by atoms with Crippen LogP contribution < -0.4 is 0 Å². The molecule has 1 unspecified atom stereocenters. The SMILES string of the molecule is CC(C)C(O)C(=O)CCCS(C)(=O)=O. The van der Waals surface area contributed by atoms with Crippen molar-refractivity contribution in [3.8, 4) is 0 Å². The first-order chi connectivity index (χ1) is 6.24. The first kappa shape index (κ1) is 13.6. The molecule has 0 spiro atoms. The van der Waals surface area contributed by atoms with E-state index in [1.165, 1.54) is 0 Å². The van der Waals surface area contributed by atoms with E-state index >= 15 is 0 Å². The average Bonchev–Trinajstić information content (AvgIpc) is 2.00. The quantitative estimate of drug-likeness (QED) is 0.706. The van der Waals surface area contributed by atoms with Gasteiger partial charge in [-0.25, -0.2) is 8.42 Å². The summed E-state index contributed by atoms with van der Waals surface area (Å²) < 4.78 is 21.5. The molecule has 0 heterocycles. The normalized spacial score (nSPS) is 14.4. The van der Waals surface area contributed by atoms with E-state index in [1.54, 1.807) is 13.8 Å². The topological polar surface area (TPSA) is 71.4 Å². The van der Waals surface area contributed by atoms with Crippen LogP contribution in [0.5, 0.6) is 0 Å². The van der Waals surface area contributed by atoms with Crippen LogP contribution in [-0.2, 0) is 14.6 Å². The molecule has 0 fully saturated rings. The standard InChI is InChI=1S/C9H18O4S/c1-7(2)9(11)8(10)5-4-6-14(3,12)13/h7,9,11H,4-6H2,1-3H3. The van der Waals surface area contributed by atoms with Gasteiger partial charge in [-0.3, -0.25) is 4.79 Å². The molecule has 84 valence electrons. The van der Waals surface area contributed by atoms with E-state index in [9.17, 15) is 18.3 Å². The lowest BCUT2D eigenvalue weighted by Gasteiger charge is -2.12. The minimum Gasteiger partial charge on any atom is -0.385 e. The van der Waals surface area contributed by atoms with Gasteiger partial charge in [-0.1, -0.05) is 13.8 Å². The van der Waals surface area contributed by atoms with Crippen LogP contribution in [0.3, 0.4) is 0 Å². The van der Waals surface area contributed by atoms with Gasteiger partial charge in [0, 0.05) is 12.7 Å². The molecule has 0 aliphatic rings. The van der Waals surface area contributed by atoms with Gasteiger partial charge >= 0.3 is 0 Å². The summed E-state index contributed by atoms with van der Waals surface area (Å²) in [6.45, 7) is 3.50. The first-order valence-electron chi connectivity index (χ1n) is 4.62. The van der Waals surface area contributed by atoms with E-state index in [0.717, 1.165) is 6.26 Å². The van der Waals surface area contributed by atoms with Crippen LogP contribution in [-0.4, -0.2) is 37.4 Å². The van der Waals surface area contributed by atoms with Gasteiger partial charge in [0.1, 0.15) is 15.9 Å². The van der Waals surface area contributed by atoms with Gasteiger partial charge in [0.25, 0.3) is 0 Å². The Labute approximate surface area is 85.2 Å². The van der Waals surface area contributed by atoms with Gasteiger partial charge in [-0.05, 0) is 12.3 Å². The molecule has 4 nitrogen and oxygen atoms in total. The maximum absolute atomic E-state index is 11.2. The van der Waals surface area contributed by atoms with Gasteiger partial charge in [-0.15, -0.1) is 0 Å². The monoisotopic (exact) mass is 222 g/mol. The zero-order chi connectivity index (χ0) is 11.4. The molecule has 0 amide bonds. The highest BCUT2D eigenvalue weighted by Gasteiger charge is 2.18. The fraction of sp³-hybridized carbons (Fsp3) is 0.889. The van der Waals surface area contributed by atoms with Crippen molar-refractivity contribution in [2.24, 2.45) is 5.92 Å². The summed E-state index contributed by atoms with van der Waals surface area (Å²) in [4.78, 5) is 11.2. The minimum atomic E-state index is -3.00. The van der Waals surface area contributed by atoms with Crippen molar-refractivity contribution in [3.63, 3.8) is 0 Å². The van der Waals surface area contributed by atoms with E-state index in [1.807, 2.05) is 0 Å². The van der Waals surface area contributed by atoms with E-state index in [4.69, 9.17) is 0 Å². The maximum Gasteiger partial charge on any atom is 0.161 e. The summed E-state index contributed by atoms with van der Waals surface area (Å²) in [5.74, 6) is -0.381. The number of carbonyl (C=O) groups is 1. The largest absolute Gasteiger partial charge is 0.385 e. The number of aliphatic hydroxyl groups excluding tert-OH is 1. The van der Waals surface area contributed by atoms with Gasteiger partial charge in [-0.2, -0.15) is 0 Å². The lowest BCUT2D eigenvalue weighted by molar-refractivity contribution is -0.129. The summed E-state index contributed by atoms with van der Waals surface area (Å²) >= 11 is 0. The molecule has 14 heavy (non-hydrogen) atoms. The summed E-state index contributed by atoms with van der Waals surface area (Å²) in [6, 6.07) is 0. The second kappa shape index (κ2) is 5.46. The Morgan fingerprint density at radius 1 is 1.36 bits per heavy atom. The van der Waals surface area contributed by atoms with Crippen LogP contribution >= 0.6 is 0 Å². The number of sulfone groups is 1. The number of rotatable bonds is 6. The summed E-state index contributed by atoms with van der Waals surface area (Å²) in [6.07, 6.45) is 0.596. The van der Waals surface area contributed by atoms with Crippen molar-refractivity contribution in [2.45, 2.75) is 32.8 Å². The Kier molecular flexibility index (Phi) is 5.29. The lowest BCUT2D eigenvalue weighted by Crippen LogP contribution is -2.26. The average molecular weight is 222 g/mol. The molecule has 0 aromatic heterocycles. The Morgan fingerprint density at radius 3 is 2.21 bits per heavy atom. The molecule has 1 atom stereocenters. The van der Waals surface area contributed by atoms with Crippen molar-refractivity contribution in [3.05, 3.63) is 0 Å². The third kappa shape index (κ3) is 6.10. The maximum atomic E-state index is 11.2. The predicted molar refractivity (Wildman–Crippen MR) is 54.8 cm³/mol. The summed E-state index contributed by atoms with van der Waals surface area (Å²) in [5.41, 5.74) is 0. The van der Waals surface area contributed by atoms with Crippen molar-refractivity contribution in [1.82, 2.24) is 0 Å². The smallest absolute Gasteiger partial charge is 0.161 e. The second-order valence-electron chi connectivity index (χ2n) is 3.89. The molecule has 0 aromatic rings. The number of hydrogen-bond donors (Lipinski definition) is 1. The van der Waals surface area contributed by atoms with Gasteiger partial charge in [0.2, 0.25) is 0 Å².